The Morgan fingerprint density at radius 2 is 1.89 bits per heavy atom. The van der Waals surface area contributed by atoms with E-state index in [1.54, 1.807) is 30.3 Å². The molecule has 0 unspecified atom stereocenters. The van der Waals surface area contributed by atoms with E-state index in [2.05, 4.69) is 15.0 Å². The lowest BCUT2D eigenvalue weighted by Gasteiger charge is -2.07. The molecule has 0 spiro atoms. The van der Waals surface area contributed by atoms with Gasteiger partial charge >= 0.3 is 0 Å². The minimum Gasteiger partial charge on any atom is -0.348 e. The number of thiazole rings is 1. The van der Waals surface area contributed by atoms with E-state index in [0.29, 0.717) is 6.54 Å². The number of sulfonamides is 1. The zero-order valence-electron chi connectivity index (χ0n) is 15.0. The molecule has 2 N–H and O–H groups in total. The van der Waals surface area contributed by atoms with Gasteiger partial charge in [-0.1, -0.05) is 24.3 Å². The number of rotatable bonds is 7. The largest absolute Gasteiger partial charge is 0.348 e. The lowest BCUT2D eigenvalue weighted by atomic mass is 10.2. The van der Waals surface area contributed by atoms with Gasteiger partial charge in [0.15, 0.2) is 0 Å². The number of hydrogen-bond donors (Lipinski definition) is 2. The van der Waals surface area contributed by atoms with Crippen LogP contribution in [0.25, 0.3) is 16.3 Å². The van der Waals surface area contributed by atoms with Crippen molar-refractivity contribution in [1.29, 1.82) is 0 Å². The summed E-state index contributed by atoms with van der Waals surface area (Å²) in [5.74, 6) is -0.230. The zero-order valence-corrected chi connectivity index (χ0v) is 16.6. The van der Waals surface area contributed by atoms with Crippen LogP contribution in [0.4, 0.5) is 0 Å². The fraction of sp³-hybridized carbons (Fsp3) is 0.200. The molecule has 1 aromatic heterocycles. The van der Waals surface area contributed by atoms with Gasteiger partial charge in [-0.15, -0.1) is 11.3 Å². The molecule has 0 aliphatic heterocycles. The van der Waals surface area contributed by atoms with Crippen molar-refractivity contribution in [2.75, 3.05) is 0 Å². The molecule has 28 heavy (non-hydrogen) atoms. The molecule has 1 aliphatic carbocycles. The predicted octanol–water partition coefficient (Wildman–Crippen LogP) is 3.07. The molecule has 6 nitrogen and oxygen atoms in total. The highest BCUT2D eigenvalue weighted by Crippen LogP contribution is 2.23. The Hall–Kier alpha value is -2.55. The van der Waals surface area contributed by atoms with Gasteiger partial charge in [0, 0.05) is 18.7 Å². The van der Waals surface area contributed by atoms with Crippen LogP contribution in [0.2, 0.25) is 0 Å². The van der Waals surface area contributed by atoms with Gasteiger partial charge in [-0.2, -0.15) is 0 Å². The molecule has 0 atom stereocenters. The third-order valence-electron chi connectivity index (χ3n) is 4.29. The van der Waals surface area contributed by atoms with Crippen LogP contribution < -0.4 is 10.0 Å². The molecule has 1 saturated carbocycles. The first-order valence-corrected chi connectivity index (χ1v) is 11.2. The summed E-state index contributed by atoms with van der Waals surface area (Å²) in [5.41, 5.74) is 1.74. The first-order valence-electron chi connectivity index (χ1n) is 8.92. The highest BCUT2D eigenvalue weighted by molar-refractivity contribution is 7.89. The van der Waals surface area contributed by atoms with Gasteiger partial charge in [0.2, 0.25) is 15.9 Å². The summed E-state index contributed by atoms with van der Waals surface area (Å²) < 4.78 is 28.0. The van der Waals surface area contributed by atoms with Crippen molar-refractivity contribution in [3.63, 3.8) is 0 Å². The first-order chi connectivity index (χ1) is 13.5. The molecule has 1 fully saturated rings. The molecule has 1 aliphatic rings. The molecule has 1 amide bonds. The van der Waals surface area contributed by atoms with Gasteiger partial charge in [-0.3, -0.25) is 4.79 Å². The monoisotopic (exact) mass is 413 g/mol. The number of benzene rings is 2. The van der Waals surface area contributed by atoms with E-state index in [1.807, 2.05) is 24.3 Å². The predicted molar refractivity (Wildman–Crippen MR) is 110 cm³/mol. The van der Waals surface area contributed by atoms with Crippen molar-refractivity contribution < 1.29 is 13.2 Å². The van der Waals surface area contributed by atoms with Crippen molar-refractivity contribution in [2.24, 2.45) is 0 Å². The lowest BCUT2D eigenvalue weighted by Crippen LogP contribution is -2.25. The van der Waals surface area contributed by atoms with Gasteiger partial charge in [-0.25, -0.2) is 18.1 Å². The second-order valence-electron chi connectivity index (χ2n) is 6.61. The Labute approximate surface area is 167 Å². The SMILES string of the molecule is O=C(/C=C/c1nc2ccccc2s1)NCc1ccc(S(=O)(=O)NC2CC2)cc1. The minimum atomic E-state index is -3.45. The highest BCUT2D eigenvalue weighted by atomic mass is 32.2. The maximum Gasteiger partial charge on any atom is 0.244 e. The zero-order chi connectivity index (χ0) is 19.6. The third kappa shape index (κ3) is 4.64. The standard InChI is InChI=1S/C20H19N3O3S2/c24-19(11-12-20-22-17-3-1-2-4-18(17)27-20)21-13-14-5-9-16(10-6-14)28(25,26)23-15-7-8-15/h1-6,9-12,15,23H,7-8,13H2,(H,21,24)/b12-11+. The quantitative estimate of drug-likeness (QED) is 0.583. The topological polar surface area (TPSA) is 88.2 Å². The van der Waals surface area contributed by atoms with Gasteiger partial charge in [0.25, 0.3) is 0 Å². The van der Waals surface area contributed by atoms with E-state index in [0.717, 1.165) is 33.6 Å². The number of nitrogens with one attached hydrogen (secondary N) is 2. The van der Waals surface area contributed by atoms with Crippen LogP contribution in [0.3, 0.4) is 0 Å². The van der Waals surface area contributed by atoms with Crippen LogP contribution in [-0.2, 0) is 21.4 Å². The maximum absolute atomic E-state index is 12.1. The highest BCUT2D eigenvalue weighted by Gasteiger charge is 2.27. The molecule has 0 bridgehead atoms. The number of carbonyl (C=O) groups is 1. The van der Waals surface area contributed by atoms with Crippen LogP contribution in [-0.4, -0.2) is 25.4 Å². The maximum atomic E-state index is 12.1. The fourth-order valence-corrected chi connectivity index (χ4v) is 4.81. The second-order valence-corrected chi connectivity index (χ2v) is 9.39. The number of para-hydroxylation sites is 1. The Bertz CT molecular complexity index is 1100. The van der Waals surface area contributed by atoms with Crippen molar-refractivity contribution in [2.45, 2.75) is 30.3 Å². The third-order valence-corrected chi connectivity index (χ3v) is 6.83. The number of amides is 1. The molecule has 8 heteroatoms. The normalized spacial score (nSPS) is 14.6. The number of hydrogen-bond acceptors (Lipinski definition) is 5. The summed E-state index contributed by atoms with van der Waals surface area (Å²) in [7, 11) is -3.45. The van der Waals surface area contributed by atoms with Crippen LogP contribution in [0, 0.1) is 0 Å². The number of nitrogens with zero attached hydrogens (tertiary/aromatic N) is 1. The summed E-state index contributed by atoms with van der Waals surface area (Å²) in [6, 6.07) is 14.4. The summed E-state index contributed by atoms with van der Waals surface area (Å²) in [5, 5.41) is 3.56. The van der Waals surface area contributed by atoms with E-state index in [9.17, 15) is 13.2 Å². The van der Waals surface area contributed by atoms with Crippen molar-refractivity contribution in [3.8, 4) is 0 Å². The Morgan fingerprint density at radius 3 is 2.61 bits per heavy atom. The molecule has 0 saturated heterocycles. The first kappa shape index (κ1) is 18.8. The minimum absolute atomic E-state index is 0.0752. The van der Waals surface area contributed by atoms with E-state index in [4.69, 9.17) is 0 Å². The van der Waals surface area contributed by atoms with Crippen LogP contribution >= 0.6 is 11.3 Å². The Morgan fingerprint density at radius 1 is 1.14 bits per heavy atom. The van der Waals surface area contributed by atoms with Gasteiger partial charge in [-0.05, 0) is 48.7 Å². The van der Waals surface area contributed by atoms with E-state index < -0.39 is 10.0 Å². The smallest absolute Gasteiger partial charge is 0.244 e. The molecular formula is C20H19N3O3S2. The average Bonchev–Trinajstić information content (AvgIpc) is 3.39. The average molecular weight is 414 g/mol. The lowest BCUT2D eigenvalue weighted by molar-refractivity contribution is -0.116. The second kappa shape index (κ2) is 7.83. The number of fused-ring (bicyclic) bond motifs is 1. The summed E-state index contributed by atoms with van der Waals surface area (Å²) in [6.45, 7) is 0.319. The molecular weight excluding hydrogens is 394 g/mol. The Balaban J connectivity index is 1.32. The molecule has 0 radical (unpaired) electrons. The van der Waals surface area contributed by atoms with Crippen molar-refractivity contribution >= 4 is 43.6 Å². The number of aromatic nitrogens is 1. The van der Waals surface area contributed by atoms with E-state index in [1.165, 1.54) is 17.4 Å². The molecule has 4 rings (SSSR count). The molecule has 1 heterocycles. The van der Waals surface area contributed by atoms with Crippen molar-refractivity contribution in [1.82, 2.24) is 15.0 Å². The van der Waals surface area contributed by atoms with Gasteiger partial charge in [0.1, 0.15) is 5.01 Å². The Kier molecular flexibility index (Phi) is 5.25. The molecule has 2 aromatic carbocycles. The molecule has 3 aromatic rings. The summed E-state index contributed by atoms with van der Waals surface area (Å²) >= 11 is 1.53. The molecule has 144 valence electrons. The van der Waals surface area contributed by atoms with Crippen molar-refractivity contribution in [3.05, 3.63) is 65.2 Å². The van der Waals surface area contributed by atoms with Crippen LogP contribution in [0.1, 0.15) is 23.4 Å². The number of carbonyl (C=O) groups excluding carboxylic acids is 1. The fourth-order valence-electron chi connectivity index (χ4n) is 2.63. The van der Waals surface area contributed by atoms with Gasteiger partial charge < -0.3 is 5.32 Å². The van der Waals surface area contributed by atoms with E-state index >= 15 is 0 Å². The summed E-state index contributed by atoms with van der Waals surface area (Å²) in [6.07, 6.45) is 4.94. The van der Waals surface area contributed by atoms with Crippen LogP contribution in [0.15, 0.2) is 59.5 Å². The summed E-state index contributed by atoms with van der Waals surface area (Å²) in [4.78, 5) is 16.7. The van der Waals surface area contributed by atoms with Gasteiger partial charge in [0.05, 0.1) is 15.1 Å². The van der Waals surface area contributed by atoms with E-state index in [-0.39, 0.29) is 16.8 Å². The van der Waals surface area contributed by atoms with Crippen LogP contribution in [0.5, 0.6) is 0 Å².